The van der Waals surface area contributed by atoms with Gasteiger partial charge in [0.15, 0.2) is 0 Å². The molecule has 4 nitrogen and oxygen atoms in total. The van der Waals surface area contributed by atoms with E-state index in [0.29, 0.717) is 0 Å². The van der Waals surface area contributed by atoms with Gasteiger partial charge in [-0.2, -0.15) is 0 Å². The Bertz CT molecular complexity index is 77.7. The molecule has 0 saturated carbocycles. The molecule has 0 aromatic heterocycles. The maximum Gasteiger partial charge on any atom is 0.433 e. The molecule has 0 rings (SSSR count). The second-order valence-electron chi connectivity index (χ2n) is 0.922. The molecule has 0 bridgehead atoms. The molecule has 0 heterocycles. The molecular formula is C3H8N2O2S. The molecule has 0 saturated heterocycles. The standard InChI is InChI=1S/C3H8N2O2S/c1-2-8-7-3(6)5-4/h2,4H2,1H3,(H,5,6). The summed E-state index contributed by atoms with van der Waals surface area (Å²) < 4.78 is 4.38. The summed E-state index contributed by atoms with van der Waals surface area (Å²) in [4.78, 5) is 10.1. The van der Waals surface area contributed by atoms with Crippen molar-refractivity contribution >= 4 is 18.1 Å². The lowest BCUT2D eigenvalue weighted by molar-refractivity contribution is 0.208. The molecule has 0 aliphatic heterocycles. The molecule has 0 aliphatic carbocycles. The van der Waals surface area contributed by atoms with Gasteiger partial charge in [-0.25, -0.2) is 10.6 Å². The van der Waals surface area contributed by atoms with Gasteiger partial charge in [-0.1, -0.05) is 6.92 Å². The Balaban J connectivity index is 2.99. The quantitative estimate of drug-likeness (QED) is 0.247. The molecule has 0 aromatic carbocycles. The third-order valence-corrected chi connectivity index (χ3v) is 0.875. The Morgan fingerprint density at radius 3 is 3.00 bits per heavy atom. The second-order valence-corrected chi connectivity index (χ2v) is 1.90. The first-order chi connectivity index (χ1) is 3.81. The molecule has 0 spiro atoms. The van der Waals surface area contributed by atoms with Crippen LogP contribution in [0.4, 0.5) is 4.79 Å². The van der Waals surface area contributed by atoms with Crippen molar-refractivity contribution in [2.45, 2.75) is 6.92 Å². The van der Waals surface area contributed by atoms with Gasteiger partial charge in [-0.05, 0) is 0 Å². The lowest BCUT2D eigenvalue weighted by Crippen LogP contribution is -2.29. The van der Waals surface area contributed by atoms with Crippen LogP contribution in [-0.2, 0) is 4.18 Å². The van der Waals surface area contributed by atoms with Gasteiger partial charge in [0, 0.05) is 5.75 Å². The first-order valence-electron chi connectivity index (χ1n) is 2.11. The van der Waals surface area contributed by atoms with Crippen molar-refractivity contribution in [3.63, 3.8) is 0 Å². The Kier molecular flexibility index (Phi) is 4.48. The van der Waals surface area contributed by atoms with Gasteiger partial charge in [0.1, 0.15) is 0 Å². The fourth-order valence-corrected chi connectivity index (χ4v) is 0.410. The molecule has 0 aliphatic rings. The van der Waals surface area contributed by atoms with E-state index in [4.69, 9.17) is 0 Å². The molecule has 1 amide bonds. The highest BCUT2D eigenvalue weighted by Crippen LogP contribution is 1.98. The van der Waals surface area contributed by atoms with E-state index in [2.05, 4.69) is 10.0 Å². The smallest absolute Gasteiger partial charge is 0.374 e. The molecule has 3 N–H and O–H groups in total. The number of nitrogens with two attached hydrogens (primary N) is 1. The SMILES string of the molecule is CCSOC(=O)NN. The molecule has 0 aromatic rings. The lowest BCUT2D eigenvalue weighted by Gasteiger charge is -1.96. The van der Waals surface area contributed by atoms with Gasteiger partial charge < -0.3 is 4.18 Å². The number of carbonyl (C=O) groups is 1. The Labute approximate surface area is 51.9 Å². The van der Waals surface area contributed by atoms with Crippen LogP contribution in [0.3, 0.4) is 0 Å². The highest BCUT2D eigenvalue weighted by molar-refractivity contribution is 7.95. The van der Waals surface area contributed by atoms with Gasteiger partial charge in [0.25, 0.3) is 0 Å². The molecule has 0 fully saturated rings. The minimum Gasteiger partial charge on any atom is -0.374 e. The minimum absolute atomic E-state index is 0.614. The van der Waals surface area contributed by atoms with Gasteiger partial charge in [0.2, 0.25) is 0 Å². The fourth-order valence-electron chi connectivity index (χ4n) is 0.137. The maximum atomic E-state index is 10.1. The van der Waals surface area contributed by atoms with E-state index in [1.165, 1.54) is 0 Å². The fraction of sp³-hybridized carbons (Fsp3) is 0.667. The third kappa shape index (κ3) is 3.76. The van der Waals surface area contributed by atoms with Gasteiger partial charge in [-0.15, -0.1) is 0 Å². The third-order valence-electron chi connectivity index (χ3n) is 0.370. The van der Waals surface area contributed by atoms with Crippen LogP contribution >= 0.6 is 12.0 Å². The summed E-state index contributed by atoms with van der Waals surface area (Å²) in [7, 11) is 0. The van der Waals surface area contributed by atoms with E-state index >= 15 is 0 Å². The highest BCUT2D eigenvalue weighted by Gasteiger charge is 1.94. The maximum absolute atomic E-state index is 10.1. The van der Waals surface area contributed by atoms with Crippen LogP contribution in [0.25, 0.3) is 0 Å². The second kappa shape index (κ2) is 4.73. The number of hydrogen-bond donors (Lipinski definition) is 2. The molecule has 48 valence electrons. The number of nitrogens with one attached hydrogen (secondary N) is 1. The number of hydrazine groups is 1. The van der Waals surface area contributed by atoms with Crippen molar-refractivity contribution in [1.29, 1.82) is 0 Å². The number of rotatable bonds is 2. The molecule has 0 atom stereocenters. The predicted octanol–water partition coefficient (Wildman–Crippen LogP) is 0.254. The Morgan fingerprint density at radius 1 is 2.00 bits per heavy atom. The number of carbonyl (C=O) groups excluding carboxylic acids is 1. The zero-order valence-corrected chi connectivity index (χ0v) is 5.33. The van der Waals surface area contributed by atoms with Crippen LogP contribution in [0.2, 0.25) is 0 Å². The van der Waals surface area contributed by atoms with E-state index in [0.717, 1.165) is 17.8 Å². The normalized spacial score (nSPS) is 8.25. The van der Waals surface area contributed by atoms with Crippen LogP contribution in [-0.4, -0.2) is 11.8 Å². The summed E-state index contributed by atoms with van der Waals surface area (Å²) in [6, 6.07) is 0. The van der Waals surface area contributed by atoms with Gasteiger partial charge in [0.05, 0.1) is 12.0 Å². The molecule has 8 heavy (non-hydrogen) atoms. The first-order valence-corrected chi connectivity index (χ1v) is 3.02. The van der Waals surface area contributed by atoms with E-state index in [9.17, 15) is 4.79 Å². The summed E-state index contributed by atoms with van der Waals surface area (Å²) in [5.74, 6) is 5.40. The first kappa shape index (κ1) is 7.58. The summed E-state index contributed by atoms with van der Waals surface area (Å²) in [5.41, 5.74) is 1.82. The zero-order valence-electron chi connectivity index (χ0n) is 4.51. The molecule has 5 heteroatoms. The number of hydrogen-bond acceptors (Lipinski definition) is 4. The lowest BCUT2D eigenvalue weighted by atomic mass is 11.0. The van der Waals surface area contributed by atoms with Crippen molar-refractivity contribution in [3.05, 3.63) is 0 Å². The topological polar surface area (TPSA) is 64.3 Å². The Morgan fingerprint density at radius 2 is 2.62 bits per heavy atom. The summed E-state index contributed by atoms with van der Waals surface area (Å²) >= 11 is 1.05. The molecule has 0 radical (unpaired) electrons. The Hall–Kier alpha value is -0.420. The monoisotopic (exact) mass is 136 g/mol. The zero-order chi connectivity index (χ0) is 6.41. The van der Waals surface area contributed by atoms with Gasteiger partial charge in [-0.3, -0.25) is 5.43 Å². The summed E-state index contributed by atoms with van der Waals surface area (Å²) in [5, 5.41) is 0. The van der Waals surface area contributed by atoms with Crippen LogP contribution in [0.5, 0.6) is 0 Å². The van der Waals surface area contributed by atoms with Crippen molar-refractivity contribution in [3.8, 4) is 0 Å². The van der Waals surface area contributed by atoms with E-state index in [-0.39, 0.29) is 0 Å². The summed E-state index contributed by atoms with van der Waals surface area (Å²) in [6.07, 6.45) is -0.614. The molecule has 0 unspecified atom stereocenters. The average molecular weight is 136 g/mol. The van der Waals surface area contributed by atoms with Crippen molar-refractivity contribution < 1.29 is 8.98 Å². The minimum atomic E-state index is -0.614. The molecular weight excluding hydrogens is 128 g/mol. The van der Waals surface area contributed by atoms with Crippen LogP contribution in [0.1, 0.15) is 6.92 Å². The van der Waals surface area contributed by atoms with Crippen LogP contribution < -0.4 is 11.3 Å². The van der Waals surface area contributed by atoms with Crippen molar-refractivity contribution in [2.24, 2.45) is 5.84 Å². The van der Waals surface area contributed by atoms with Crippen molar-refractivity contribution in [1.82, 2.24) is 5.43 Å². The van der Waals surface area contributed by atoms with E-state index in [1.54, 1.807) is 0 Å². The summed E-state index contributed by atoms with van der Waals surface area (Å²) in [6.45, 7) is 1.87. The van der Waals surface area contributed by atoms with E-state index < -0.39 is 6.09 Å². The van der Waals surface area contributed by atoms with Gasteiger partial charge >= 0.3 is 6.09 Å². The van der Waals surface area contributed by atoms with Crippen LogP contribution in [0, 0.1) is 0 Å². The van der Waals surface area contributed by atoms with Crippen LogP contribution in [0.15, 0.2) is 0 Å². The van der Waals surface area contributed by atoms with E-state index in [1.807, 2.05) is 12.3 Å². The highest BCUT2D eigenvalue weighted by atomic mass is 32.2. The van der Waals surface area contributed by atoms with Crippen molar-refractivity contribution in [2.75, 3.05) is 5.75 Å². The average Bonchev–Trinajstić information content (AvgIpc) is 1.83. The largest absolute Gasteiger partial charge is 0.433 e. The predicted molar refractivity (Wildman–Crippen MR) is 31.9 cm³/mol. The number of amides is 1.